The first-order chi connectivity index (χ1) is 23.7. The second-order valence-electron chi connectivity index (χ2n) is 12.4. The van der Waals surface area contributed by atoms with Crippen molar-refractivity contribution in [3.63, 3.8) is 0 Å². The maximum Gasteiger partial charge on any atom is 0.263 e. The Bertz CT molecular complexity index is 2910. The Kier molecular flexibility index (Phi) is 5.73. The summed E-state index contributed by atoms with van der Waals surface area (Å²) in [5.74, 6) is 0. The first-order valence-corrected chi connectivity index (χ1v) is 16.2. The molecule has 0 unspecified atom stereocenters. The average molecular weight is 614 g/mol. The van der Waals surface area contributed by atoms with Gasteiger partial charge in [0.15, 0.2) is 0 Å². The van der Waals surface area contributed by atoms with Gasteiger partial charge in [0, 0.05) is 27.2 Å². The van der Waals surface area contributed by atoms with E-state index in [2.05, 4.69) is 109 Å². The van der Waals surface area contributed by atoms with Crippen LogP contribution in [0.25, 0.3) is 93.1 Å². The average Bonchev–Trinajstić information content (AvgIpc) is 3.52. The van der Waals surface area contributed by atoms with Crippen LogP contribution in [0, 0.1) is 0 Å². The highest BCUT2D eigenvalue weighted by Crippen LogP contribution is 2.44. The minimum atomic E-state index is -0.0151. The number of hydrogen-bond donors (Lipinski definition) is 0. The number of para-hydroxylation sites is 2. The van der Waals surface area contributed by atoms with Gasteiger partial charge in [-0.1, -0.05) is 121 Å². The fraction of sp³-hybridized carbons (Fsp3) is 0. The van der Waals surface area contributed by atoms with Crippen LogP contribution in [0.15, 0.2) is 173 Å². The van der Waals surface area contributed by atoms with Crippen molar-refractivity contribution in [3.8, 4) is 27.9 Å². The molecule has 0 aliphatic carbocycles. The van der Waals surface area contributed by atoms with E-state index in [4.69, 9.17) is 4.42 Å². The largest absolute Gasteiger partial charge is 0.456 e. The lowest BCUT2D eigenvalue weighted by Gasteiger charge is -2.18. The normalized spacial score (nSPS) is 11.8. The molecule has 0 atom stereocenters. The highest BCUT2D eigenvalue weighted by atomic mass is 16.3. The van der Waals surface area contributed by atoms with E-state index in [9.17, 15) is 4.79 Å². The third-order valence-corrected chi connectivity index (χ3v) is 9.81. The van der Waals surface area contributed by atoms with Gasteiger partial charge in [0.1, 0.15) is 11.2 Å². The van der Waals surface area contributed by atoms with Gasteiger partial charge in [-0.15, -0.1) is 0 Å². The summed E-state index contributed by atoms with van der Waals surface area (Å²) in [5, 5.41) is 9.73. The van der Waals surface area contributed by atoms with Gasteiger partial charge in [-0.25, -0.2) is 0 Å². The maximum absolute atomic E-state index is 13.9. The van der Waals surface area contributed by atoms with E-state index in [1.54, 1.807) is 0 Å². The molecule has 10 rings (SSSR count). The quantitative estimate of drug-likeness (QED) is 0.147. The topological polar surface area (TPSA) is 35.1 Å². The zero-order valence-corrected chi connectivity index (χ0v) is 25.9. The molecule has 2 heterocycles. The molecule has 0 radical (unpaired) electrons. The highest BCUT2D eigenvalue weighted by molar-refractivity contribution is 6.22. The number of nitrogens with zero attached hydrogens (tertiary/aromatic N) is 1. The zero-order valence-electron chi connectivity index (χ0n) is 25.9. The molecular formula is C45H27NO2. The van der Waals surface area contributed by atoms with Crippen molar-refractivity contribution in [3.05, 3.63) is 174 Å². The molecule has 0 amide bonds. The van der Waals surface area contributed by atoms with Crippen LogP contribution in [0.3, 0.4) is 0 Å². The van der Waals surface area contributed by atoms with Crippen LogP contribution in [0.5, 0.6) is 0 Å². The van der Waals surface area contributed by atoms with Crippen LogP contribution in [0.2, 0.25) is 0 Å². The molecule has 224 valence electrons. The smallest absolute Gasteiger partial charge is 0.263 e. The Balaban J connectivity index is 1.19. The van der Waals surface area contributed by atoms with Crippen molar-refractivity contribution < 1.29 is 4.42 Å². The molecular weight excluding hydrogens is 587 g/mol. The van der Waals surface area contributed by atoms with Gasteiger partial charge in [0.25, 0.3) is 5.56 Å². The van der Waals surface area contributed by atoms with E-state index in [1.165, 1.54) is 32.7 Å². The number of furan rings is 1. The summed E-state index contributed by atoms with van der Waals surface area (Å²) in [6, 6.07) is 56.6. The van der Waals surface area contributed by atoms with Crippen LogP contribution in [0.1, 0.15) is 0 Å². The molecule has 48 heavy (non-hydrogen) atoms. The fourth-order valence-electron chi connectivity index (χ4n) is 7.70. The third kappa shape index (κ3) is 3.85. The van der Waals surface area contributed by atoms with E-state index in [0.29, 0.717) is 5.39 Å². The molecule has 0 fully saturated rings. The Labute approximate surface area is 275 Å². The first kappa shape index (κ1) is 26.7. The van der Waals surface area contributed by atoms with E-state index >= 15 is 0 Å². The van der Waals surface area contributed by atoms with Crippen LogP contribution >= 0.6 is 0 Å². The number of fused-ring (bicyclic) bond motifs is 8. The van der Waals surface area contributed by atoms with Crippen LogP contribution in [-0.2, 0) is 0 Å². The summed E-state index contributed by atoms with van der Waals surface area (Å²) >= 11 is 0. The summed E-state index contributed by atoms with van der Waals surface area (Å²) in [7, 11) is 0. The van der Waals surface area contributed by atoms with Gasteiger partial charge in [0.05, 0.1) is 5.52 Å². The summed E-state index contributed by atoms with van der Waals surface area (Å²) in [4.78, 5) is 13.9. The van der Waals surface area contributed by atoms with E-state index in [1.807, 2.05) is 59.2 Å². The minimum Gasteiger partial charge on any atom is -0.456 e. The molecule has 0 bridgehead atoms. The number of benzene rings is 8. The number of pyridine rings is 1. The molecule has 8 aromatic carbocycles. The van der Waals surface area contributed by atoms with Crippen LogP contribution in [-0.4, -0.2) is 4.57 Å². The van der Waals surface area contributed by atoms with Crippen LogP contribution in [0.4, 0.5) is 0 Å². The molecule has 10 aromatic rings. The predicted octanol–water partition coefficient (Wildman–Crippen LogP) is 11.7. The number of aromatic nitrogens is 1. The summed E-state index contributed by atoms with van der Waals surface area (Å²) in [5.41, 5.74) is 8.11. The lowest BCUT2D eigenvalue weighted by molar-refractivity contribution is 0.669. The molecule has 0 aliphatic rings. The Morgan fingerprint density at radius 1 is 0.375 bits per heavy atom. The maximum atomic E-state index is 13.9. The summed E-state index contributed by atoms with van der Waals surface area (Å²) in [6.45, 7) is 0. The van der Waals surface area contributed by atoms with Crippen molar-refractivity contribution >= 4 is 65.2 Å². The molecule has 0 N–H and O–H groups in total. The van der Waals surface area contributed by atoms with Gasteiger partial charge in [-0.3, -0.25) is 9.36 Å². The molecule has 0 saturated carbocycles. The standard InChI is InChI=1S/C45H27NO2/c47-45-39-18-6-1-11-31(39)32-12-7-9-19-40(32)46(45)30-24-21-28(22-25-30)43-35-14-2-4-16-37(35)44(38-17-5-3-15-36(38)43)29-23-26-34-33-13-8-10-20-41(33)48-42(34)27-29/h1-27H. The molecule has 0 aliphatic heterocycles. The summed E-state index contributed by atoms with van der Waals surface area (Å²) in [6.07, 6.45) is 0. The van der Waals surface area contributed by atoms with E-state index < -0.39 is 0 Å². The second-order valence-corrected chi connectivity index (χ2v) is 12.4. The van der Waals surface area contributed by atoms with Gasteiger partial charge in [-0.05, 0) is 91.6 Å². The molecule has 0 saturated heterocycles. The number of rotatable bonds is 3. The fourth-order valence-corrected chi connectivity index (χ4v) is 7.70. The SMILES string of the molecule is O=c1c2ccccc2c2ccccc2n1-c1ccc(-c2c3ccccc3c(-c3ccc4c(c3)oc3ccccc34)c3ccccc23)cc1. The monoisotopic (exact) mass is 613 g/mol. The zero-order chi connectivity index (χ0) is 31.8. The lowest BCUT2D eigenvalue weighted by Crippen LogP contribution is -2.19. The van der Waals surface area contributed by atoms with Crippen molar-refractivity contribution in [2.24, 2.45) is 0 Å². The van der Waals surface area contributed by atoms with Crippen molar-refractivity contribution in [1.82, 2.24) is 4.57 Å². The summed E-state index contributed by atoms with van der Waals surface area (Å²) < 4.78 is 8.16. The van der Waals surface area contributed by atoms with Gasteiger partial charge in [-0.2, -0.15) is 0 Å². The minimum absolute atomic E-state index is 0.0151. The van der Waals surface area contributed by atoms with Gasteiger partial charge >= 0.3 is 0 Å². The Morgan fingerprint density at radius 2 is 0.854 bits per heavy atom. The third-order valence-electron chi connectivity index (χ3n) is 9.81. The van der Waals surface area contributed by atoms with Crippen molar-refractivity contribution in [1.29, 1.82) is 0 Å². The Hall–Kier alpha value is -6.45. The second kappa shape index (κ2) is 10.3. The Morgan fingerprint density at radius 3 is 1.52 bits per heavy atom. The van der Waals surface area contributed by atoms with Crippen molar-refractivity contribution in [2.45, 2.75) is 0 Å². The highest BCUT2D eigenvalue weighted by Gasteiger charge is 2.18. The van der Waals surface area contributed by atoms with Gasteiger partial charge in [0.2, 0.25) is 0 Å². The number of hydrogen-bond acceptors (Lipinski definition) is 2. The molecule has 0 spiro atoms. The van der Waals surface area contributed by atoms with E-state index in [-0.39, 0.29) is 5.56 Å². The van der Waals surface area contributed by atoms with Crippen LogP contribution < -0.4 is 5.56 Å². The molecule has 3 heteroatoms. The molecule has 2 aromatic heterocycles. The predicted molar refractivity (Wildman–Crippen MR) is 200 cm³/mol. The van der Waals surface area contributed by atoms with Gasteiger partial charge < -0.3 is 4.42 Å². The molecule has 3 nitrogen and oxygen atoms in total. The first-order valence-electron chi connectivity index (χ1n) is 16.2. The van der Waals surface area contributed by atoms with Crippen molar-refractivity contribution in [2.75, 3.05) is 0 Å². The lowest BCUT2D eigenvalue weighted by atomic mass is 9.86. The van der Waals surface area contributed by atoms with E-state index in [0.717, 1.165) is 55.0 Å².